The average Bonchev–Trinajstić information content (AvgIpc) is 2.79. The van der Waals surface area contributed by atoms with Crippen LogP contribution in [-0.4, -0.2) is 74.7 Å². The molecule has 2 unspecified atom stereocenters. The summed E-state index contributed by atoms with van der Waals surface area (Å²) in [5.74, 6) is 0.0854. The molecule has 0 N–H and O–H groups in total. The molecule has 2 heterocycles. The van der Waals surface area contributed by atoms with E-state index in [-0.39, 0.29) is 23.7 Å². The van der Waals surface area contributed by atoms with Gasteiger partial charge in [-0.15, -0.1) is 0 Å². The number of hydrogen-bond acceptors (Lipinski definition) is 5. The summed E-state index contributed by atoms with van der Waals surface area (Å²) in [5, 5.41) is 0. The van der Waals surface area contributed by atoms with Gasteiger partial charge in [0.2, 0.25) is 5.91 Å². The molecule has 0 aliphatic carbocycles. The lowest BCUT2D eigenvalue weighted by Gasteiger charge is -2.28. The molecule has 0 aromatic rings. The molecule has 0 bridgehead atoms. The Bertz CT molecular complexity index is 342. The number of carbonyl (C=O) groups is 2. The monoisotopic (exact) mass is 270 g/mol. The van der Waals surface area contributed by atoms with Crippen LogP contribution in [0.5, 0.6) is 0 Å². The van der Waals surface area contributed by atoms with Crippen molar-refractivity contribution in [2.24, 2.45) is 11.8 Å². The molecule has 2 aliphatic rings. The minimum absolute atomic E-state index is 0.109. The molecule has 0 aromatic heterocycles. The Morgan fingerprint density at radius 3 is 2.58 bits per heavy atom. The molecule has 2 fully saturated rings. The molecule has 0 saturated carbocycles. The summed E-state index contributed by atoms with van der Waals surface area (Å²) in [6.07, 6.45) is 0. The Morgan fingerprint density at radius 2 is 1.95 bits per heavy atom. The van der Waals surface area contributed by atoms with Crippen LogP contribution in [-0.2, 0) is 19.1 Å². The molecule has 2 aliphatic heterocycles. The second kappa shape index (κ2) is 6.34. The Labute approximate surface area is 113 Å². The van der Waals surface area contributed by atoms with Gasteiger partial charge in [0.15, 0.2) is 0 Å². The third kappa shape index (κ3) is 3.45. The third-order valence-electron chi connectivity index (χ3n) is 3.91. The van der Waals surface area contributed by atoms with Gasteiger partial charge in [-0.05, 0) is 5.92 Å². The van der Waals surface area contributed by atoms with E-state index >= 15 is 0 Å². The maximum Gasteiger partial charge on any atom is 0.310 e. The van der Waals surface area contributed by atoms with E-state index in [1.165, 1.54) is 7.11 Å². The van der Waals surface area contributed by atoms with Gasteiger partial charge >= 0.3 is 5.97 Å². The second-order valence-corrected chi connectivity index (χ2v) is 5.29. The Balaban J connectivity index is 1.83. The lowest BCUT2D eigenvalue weighted by Crippen LogP contribution is -2.45. The van der Waals surface area contributed by atoms with Crippen LogP contribution >= 0.6 is 0 Å². The van der Waals surface area contributed by atoms with Crippen molar-refractivity contribution < 1.29 is 19.1 Å². The third-order valence-corrected chi connectivity index (χ3v) is 3.91. The first-order valence-electron chi connectivity index (χ1n) is 6.77. The lowest BCUT2D eigenvalue weighted by molar-refractivity contribution is -0.146. The highest BCUT2D eigenvalue weighted by Crippen LogP contribution is 2.23. The van der Waals surface area contributed by atoms with Crippen LogP contribution in [0.2, 0.25) is 0 Å². The summed E-state index contributed by atoms with van der Waals surface area (Å²) in [5.41, 5.74) is 0. The van der Waals surface area contributed by atoms with Crippen LogP contribution in [0.25, 0.3) is 0 Å². The van der Waals surface area contributed by atoms with Crippen molar-refractivity contribution in [3.63, 3.8) is 0 Å². The number of nitrogens with zero attached hydrogens (tertiary/aromatic N) is 2. The maximum absolute atomic E-state index is 12.1. The van der Waals surface area contributed by atoms with Gasteiger partial charge in [0.1, 0.15) is 0 Å². The highest BCUT2D eigenvalue weighted by atomic mass is 16.5. The van der Waals surface area contributed by atoms with Gasteiger partial charge in [0, 0.05) is 26.2 Å². The zero-order valence-electron chi connectivity index (χ0n) is 11.6. The Morgan fingerprint density at radius 1 is 1.26 bits per heavy atom. The van der Waals surface area contributed by atoms with Crippen LogP contribution in [0.3, 0.4) is 0 Å². The van der Waals surface area contributed by atoms with E-state index in [0.29, 0.717) is 39.4 Å². The summed E-state index contributed by atoms with van der Waals surface area (Å²) < 4.78 is 10.0. The van der Waals surface area contributed by atoms with Gasteiger partial charge in [-0.2, -0.15) is 0 Å². The SMILES string of the molecule is COC(=O)C1CN(CC(=O)N2CCOCC2)CC1C. The summed E-state index contributed by atoms with van der Waals surface area (Å²) in [6, 6.07) is 0. The first kappa shape index (κ1) is 14.3. The highest BCUT2D eigenvalue weighted by Gasteiger charge is 2.36. The first-order valence-corrected chi connectivity index (χ1v) is 6.77. The minimum atomic E-state index is -0.172. The predicted molar refractivity (Wildman–Crippen MR) is 68.5 cm³/mol. The zero-order chi connectivity index (χ0) is 13.8. The molecular weight excluding hydrogens is 248 g/mol. The summed E-state index contributed by atoms with van der Waals surface area (Å²) in [6.45, 7) is 6.38. The van der Waals surface area contributed by atoms with Crippen LogP contribution in [0.4, 0.5) is 0 Å². The molecule has 0 radical (unpaired) electrons. The van der Waals surface area contributed by atoms with E-state index in [9.17, 15) is 9.59 Å². The molecule has 1 amide bonds. The fourth-order valence-electron chi connectivity index (χ4n) is 2.76. The van der Waals surface area contributed by atoms with Crippen molar-refractivity contribution in [1.29, 1.82) is 0 Å². The van der Waals surface area contributed by atoms with E-state index < -0.39 is 0 Å². The van der Waals surface area contributed by atoms with E-state index in [0.717, 1.165) is 6.54 Å². The van der Waals surface area contributed by atoms with E-state index in [1.54, 1.807) is 0 Å². The number of carbonyl (C=O) groups excluding carboxylic acids is 2. The predicted octanol–water partition coefficient (Wildman–Crippen LogP) is -0.414. The lowest BCUT2D eigenvalue weighted by atomic mass is 9.99. The second-order valence-electron chi connectivity index (χ2n) is 5.29. The minimum Gasteiger partial charge on any atom is -0.469 e. The Hall–Kier alpha value is -1.14. The van der Waals surface area contributed by atoms with E-state index in [2.05, 4.69) is 0 Å². The summed E-state index contributed by atoms with van der Waals surface area (Å²) >= 11 is 0. The van der Waals surface area contributed by atoms with Gasteiger partial charge in [-0.3, -0.25) is 14.5 Å². The number of methoxy groups -OCH3 is 1. The number of ether oxygens (including phenoxy) is 2. The standard InChI is InChI=1S/C13H22N2O4/c1-10-7-14(8-11(10)13(17)18-2)9-12(16)15-3-5-19-6-4-15/h10-11H,3-9H2,1-2H3. The number of rotatable bonds is 3. The zero-order valence-corrected chi connectivity index (χ0v) is 11.6. The fraction of sp³-hybridized carbons (Fsp3) is 0.846. The summed E-state index contributed by atoms with van der Waals surface area (Å²) in [4.78, 5) is 27.6. The number of esters is 1. The molecule has 2 atom stereocenters. The van der Waals surface area contributed by atoms with Gasteiger partial charge in [0.05, 0.1) is 32.8 Å². The molecule has 2 saturated heterocycles. The quantitative estimate of drug-likeness (QED) is 0.652. The van der Waals surface area contributed by atoms with E-state index in [4.69, 9.17) is 9.47 Å². The van der Waals surface area contributed by atoms with Crippen molar-refractivity contribution in [2.45, 2.75) is 6.92 Å². The van der Waals surface area contributed by atoms with Gasteiger partial charge in [0.25, 0.3) is 0 Å². The maximum atomic E-state index is 12.1. The largest absolute Gasteiger partial charge is 0.469 e. The topological polar surface area (TPSA) is 59.1 Å². The van der Waals surface area contributed by atoms with Gasteiger partial charge < -0.3 is 14.4 Å². The fourth-order valence-corrected chi connectivity index (χ4v) is 2.76. The summed E-state index contributed by atoms with van der Waals surface area (Å²) in [7, 11) is 1.41. The van der Waals surface area contributed by atoms with Crippen molar-refractivity contribution in [1.82, 2.24) is 9.80 Å². The molecule has 0 spiro atoms. The number of morpholine rings is 1. The molecule has 6 nitrogen and oxygen atoms in total. The smallest absolute Gasteiger partial charge is 0.310 e. The molecule has 19 heavy (non-hydrogen) atoms. The van der Waals surface area contributed by atoms with Crippen LogP contribution in [0, 0.1) is 11.8 Å². The van der Waals surface area contributed by atoms with Crippen LogP contribution < -0.4 is 0 Å². The molecule has 2 rings (SSSR count). The van der Waals surface area contributed by atoms with Crippen molar-refractivity contribution >= 4 is 11.9 Å². The van der Waals surface area contributed by atoms with Crippen molar-refractivity contribution in [2.75, 3.05) is 53.0 Å². The van der Waals surface area contributed by atoms with Crippen LogP contribution in [0.1, 0.15) is 6.92 Å². The molecule has 0 aromatic carbocycles. The number of hydrogen-bond donors (Lipinski definition) is 0. The molecular formula is C13H22N2O4. The molecule has 108 valence electrons. The van der Waals surface area contributed by atoms with Crippen LogP contribution in [0.15, 0.2) is 0 Å². The molecule has 6 heteroatoms. The normalized spacial score (nSPS) is 28.4. The Kier molecular flexibility index (Phi) is 4.76. The van der Waals surface area contributed by atoms with Crippen molar-refractivity contribution in [3.8, 4) is 0 Å². The van der Waals surface area contributed by atoms with E-state index in [1.807, 2.05) is 16.7 Å². The highest BCUT2D eigenvalue weighted by molar-refractivity contribution is 5.79. The number of amides is 1. The number of likely N-dealkylation sites (tertiary alicyclic amines) is 1. The average molecular weight is 270 g/mol. The van der Waals surface area contributed by atoms with Crippen molar-refractivity contribution in [3.05, 3.63) is 0 Å². The van der Waals surface area contributed by atoms with Gasteiger partial charge in [-0.1, -0.05) is 6.92 Å². The van der Waals surface area contributed by atoms with Gasteiger partial charge in [-0.25, -0.2) is 0 Å². The first-order chi connectivity index (χ1) is 9.11.